The summed E-state index contributed by atoms with van der Waals surface area (Å²) in [4.78, 5) is 10.2. The van der Waals surface area contributed by atoms with Crippen molar-refractivity contribution in [3.63, 3.8) is 0 Å². The summed E-state index contributed by atoms with van der Waals surface area (Å²) in [6.45, 7) is 5.08. The summed E-state index contributed by atoms with van der Waals surface area (Å²) in [5.41, 5.74) is 0.544. The predicted octanol–water partition coefficient (Wildman–Crippen LogP) is 1.24. The smallest absolute Gasteiger partial charge is 0.294 e. The molecule has 5 nitrogen and oxygen atoms in total. The van der Waals surface area contributed by atoms with Crippen LogP contribution in [0.1, 0.15) is 6.92 Å². The highest BCUT2D eigenvalue weighted by Crippen LogP contribution is 2.05. The molecule has 0 saturated heterocycles. The molecule has 0 spiro atoms. The first-order valence-electron chi connectivity index (χ1n) is 4.69. The van der Waals surface area contributed by atoms with Gasteiger partial charge in [-0.05, 0) is 19.1 Å². The third-order valence-electron chi connectivity index (χ3n) is 1.66. The lowest BCUT2D eigenvalue weighted by molar-refractivity contribution is -0.116. The Morgan fingerprint density at radius 2 is 1.76 bits per heavy atom. The van der Waals surface area contributed by atoms with Crippen molar-refractivity contribution < 1.29 is 17.8 Å². The van der Waals surface area contributed by atoms with Gasteiger partial charge in [-0.2, -0.15) is 8.42 Å². The molecule has 0 heterocycles. The molecule has 0 radical (unpaired) electrons. The van der Waals surface area contributed by atoms with Gasteiger partial charge in [0.1, 0.15) is 0 Å². The number of carbonyl (C=O) groups is 1. The second-order valence-electron chi connectivity index (χ2n) is 3.15. The molecule has 94 valence electrons. The van der Waals surface area contributed by atoms with Crippen molar-refractivity contribution >= 4 is 16.0 Å². The molecular weight excluding hydrogens is 242 g/mol. The van der Waals surface area contributed by atoms with Crippen LogP contribution in [0.4, 0.5) is 0 Å². The molecule has 1 aromatic rings. The monoisotopic (exact) mass is 257 g/mol. The zero-order valence-corrected chi connectivity index (χ0v) is 10.5. The van der Waals surface area contributed by atoms with Crippen LogP contribution >= 0.6 is 0 Å². The third-order valence-corrected chi connectivity index (χ3v) is 2.52. The molecule has 2 N–H and O–H groups in total. The lowest BCUT2D eigenvalue weighted by Gasteiger charge is -1.92. The van der Waals surface area contributed by atoms with Crippen molar-refractivity contribution in [2.24, 2.45) is 0 Å². The van der Waals surface area contributed by atoms with Crippen LogP contribution in [0.2, 0.25) is 0 Å². The van der Waals surface area contributed by atoms with E-state index >= 15 is 0 Å². The van der Waals surface area contributed by atoms with Gasteiger partial charge in [0.2, 0.25) is 5.91 Å². The van der Waals surface area contributed by atoms with Crippen LogP contribution < -0.4 is 5.32 Å². The van der Waals surface area contributed by atoms with E-state index in [1.54, 1.807) is 32.2 Å². The summed E-state index contributed by atoms with van der Waals surface area (Å²) in [5.74, 6) is -0.0972. The SMILES string of the molecule is C=C(C)C(=O)NC.O=S(=O)(O)c1ccccc1. The molecule has 17 heavy (non-hydrogen) atoms. The van der Waals surface area contributed by atoms with Crippen LogP contribution in [0.15, 0.2) is 47.4 Å². The number of rotatable bonds is 2. The molecule has 0 aliphatic rings. The van der Waals surface area contributed by atoms with Gasteiger partial charge in [-0.15, -0.1) is 0 Å². The van der Waals surface area contributed by atoms with Gasteiger partial charge in [0.25, 0.3) is 10.1 Å². The predicted molar refractivity (Wildman–Crippen MR) is 65.1 cm³/mol. The molecule has 0 saturated carbocycles. The minimum Gasteiger partial charge on any atom is -0.355 e. The molecule has 1 aromatic carbocycles. The maximum absolute atomic E-state index is 10.4. The Hall–Kier alpha value is -1.66. The van der Waals surface area contributed by atoms with Crippen LogP contribution in [0.25, 0.3) is 0 Å². The summed E-state index contributed by atoms with van der Waals surface area (Å²) >= 11 is 0. The molecule has 0 unspecified atom stereocenters. The van der Waals surface area contributed by atoms with Crippen LogP contribution in [0, 0.1) is 0 Å². The largest absolute Gasteiger partial charge is 0.355 e. The fraction of sp³-hybridized carbons (Fsp3) is 0.182. The average molecular weight is 257 g/mol. The summed E-state index contributed by atoms with van der Waals surface area (Å²) in [7, 11) is -2.42. The molecule has 0 atom stereocenters. The van der Waals surface area contributed by atoms with Crippen LogP contribution in [0.3, 0.4) is 0 Å². The van der Waals surface area contributed by atoms with E-state index < -0.39 is 10.1 Å². The van der Waals surface area contributed by atoms with Gasteiger partial charge >= 0.3 is 0 Å². The van der Waals surface area contributed by atoms with E-state index in [2.05, 4.69) is 11.9 Å². The standard InChI is InChI=1S/C6H6O3S.C5H9NO/c7-10(8,9)6-4-2-1-3-5-6;1-4(2)5(7)6-3/h1-5H,(H,7,8,9);1H2,2-3H3,(H,6,7). The molecule has 1 amide bonds. The average Bonchev–Trinajstić information content (AvgIpc) is 2.28. The minimum atomic E-state index is -4.00. The van der Waals surface area contributed by atoms with E-state index in [1.807, 2.05) is 0 Å². The molecule has 0 aromatic heterocycles. The van der Waals surface area contributed by atoms with Gasteiger partial charge in [-0.1, -0.05) is 24.8 Å². The van der Waals surface area contributed by atoms with Gasteiger partial charge in [-0.3, -0.25) is 9.35 Å². The van der Waals surface area contributed by atoms with E-state index in [4.69, 9.17) is 4.55 Å². The molecule has 1 rings (SSSR count). The van der Waals surface area contributed by atoms with Crippen LogP contribution in [-0.2, 0) is 14.9 Å². The Morgan fingerprint density at radius 3 is 1.94 bits per heavy atom. The number of benzene rings is 1. The number of amides is 1. The zero-order valence-electron chi connectivity index (χ0n) is 9.67. The highest BCUT2D eigenvalue weighted by Gasteiger charge is 2.05. The topological polar surface area (TPSA) is 83.5 Å². The molecule has 0 fully saturated rings. The molecule has 6 heteroatoms. The van der Waals surface area contributed by atoms with E-state index in [9.17, 15) is 13.2 Å². The fourth-order valence-electron chi connectivity index (χ4n) is 0.806. The van der Waals surface area contributed by atoms with Gasteiger partial charge in [0.05, 0.1) is 4.90 Å². The second kappa shape index (κ2) is 6.82. The van der Waals surface area contributed by atoms with Gasteiger partial charge < -0.3 is 5.32 Å². The van der Waals surface area contributed by atoms with Crippen molar-refractivity contribution in [3.8, 4) is 0 Å². The third kappa shape index (κ3) is 6.49. The number of hydrogen-bond acceptors (Lipinski definition) is 3. The summed E-state index contributed by atoms with van der Waals surface area (Å²) in [5, 5.41) is 2.43. The summed E-state index contributed by atoms with van der Waals surface area (Å²) in [6, 6.07) is 7.42. The van der Waals surface area contributed by atoms with Crippen molar-refractivity contribution in [1.29, 1.82) is 0 Å². The molecule has 0 aliphatic carbocycles. The number of likely N-dealkylation sites (N-methyl/N-ethyl adjacent to an activating group) is 1. The van der Waals surface area contributed by atoms with E-state index in [0.29, 0.717) is 5.57 Å². The van der Waals surface area contributed by atoms with Crippen molar-refractivity contribution in [2.75, 3.05) is 7.05 Å². The maximum Gasteiger partial charge on any atom is 0.294 e. The highest BCUT2D eigenvalue weighted by molar-refractivity contribution is 7.85. The van der Waals surface area contributed by atoms with E-state index in [1.165, 1.54) is 12.1 Å². The second-order valence-corrected chi connectivity index (χ2v) is 4.57. The Bertz CT molecular complexity index is 479. The number of hydrogen-bond donors (Lipinski definition) is 2. The first-order chi connectivity index (χ1) is 7.79. The van der Waals surface area contributed by atoms with E-state index in [0.717, 1.165) is 0 Å². The van der Waals surface area contributed by atoms with E-state index in [-0.39, 0.29) is 10.8 Å². The first-order valence-corrected chi connectivity index (χ1v) is 6.13. The Kier molecular flexibility index (Phi) is 6.16. The number of nitrogens with one attached hydrogen (secondary N) is 1. The Labute approximate surface area is 101 Å². The molecular formula is C11H15NO4S. The van der Waals surface area contributed by atoms with Crippen LogP contribution in [-0.4, -0.2) is 25.9 Å². The van der Waals surface area contributed by atoms with Gasteiger partial charge in [0.15, 0.2) is 0 Å². The van der Waals surface area contributed by atoms with Crippen molar-refractivity contribution in [2.45, 2.75) is 11.8 Å². The fourth-order valence-corrected chi connectivity index (χ4v) is 1.31. The first kappa shape index (κ1) is 15.3. The maximum atomic E-state index is 10.4. The molecule has 0 bridgehead atoms. The minimum absolute atomic E-state index is 0.0741. The van der Waals surface area contributed by atoms with Crippen LogP contribution in [0.5, 0.6) is 0 Å². The van der Waals surface area contributed by atoms with Gasteiger partial charge in [0, 0.05) is 12.6 Å². The highest BCUT2D eigenvalue weighted by atomic mass is 32.2. The lowest BCUT2D eigenvalue weighted by Crippen LogP contribution is -2.17. The summed E-state index contributed by atoms with van der Waals surface area (Å²) < 4.78 is 29.2. The van der Waals surface area contributed by atoms with Crippen molar-refractivity contribution in [1.82, 2.24) is 5.32 Å². The Morgan fingerprint density at radius 1 is 1.29 bits per heavy atom. The quantitative estimate of drug-likeness (QED) is 0.617. The summed E-state index contributed by atoms with van der Waals surface area (Å²) in [6.07, 6.45) is 0. The number of carbonyl (C=O) groups excluding carboxylic acids is 1. The lowest BCUT2D eigenvalue weighted by atomic mass is 10.3. The normalized spacial score (nSPS) is 9.82. The zero-order chi connectivity index (χ0) is 13.5. The Balaban J connectivity index is 0.000000325. The van der Waals surface area contributed by atoms with Gasteiger partial charge in [-0.25, -0.2) is 0 Å². The molecule has 0 aliphatic heterocycles. The van der Waals surface area contributed by atoms with Crippen molar-refractivity contribution in [3.05, 3.63) is 42.5 Å².